The quantitative estimate of drug-likeness (QED) is 0.464. The molecule has 7 heteroatoms. The average Bonchev–Trinajstić information content (AvgIpc) is 2.33. The molecule has 0 saturated carbocycles. The molecule has 2 rings (SSSR count). The van der Waals surface area contributed by atoms with E-state index in [1.165, 1.54) is 10.3 Å². The van der Waals surface area contributed by atoms with Gasteiger partial charge in [-0.05, 0) is 0 Å². The molecule has 2 N–H and O–H groups in total. The zero-order valence-electron chi connectivity index (χ0n) is 5.74. The summed E-state index contributed by atoms with van der Waals surface area (Å²) in [6, 6.07) is 0. The maximum Gasteiger partial charge on any atom is 0.327 e. The molecule has 12 heavy (non-hydrogen) atoms. The number of hydrogen-bond donors (Lipinski definition) is 3. The first kappa shape index (κ1) is 7.17. The molecule has 0 bridgehead atoms. The lowest BCUT2D eigenvalue weighted by Crippen LogP contribution is -2.22. The molecular formula is C5H4N4O2S. The minimum absolute atomic E-state index is 0.171. The van der Waals surface area contributed by atoms with Gasteiger partial charge in [-0.2, -0.15) is 0 Å². The van der Waals surface area contributed by atoms with Crippen LogP contribution in [0.3, 0.4) is 0 Å². The van der Waals surface area contributed by atoms with Crippen molar-refractivity contribution in [1.29, 1.82) is 0 Å². The van der Waals surface area contributed by atoms with E-state index in [0.29, 0.717) is 5.65 Å². The maximum absolute atomic E-state index is 11.0. The number of rotatable bonds is 0. The predicted octanol–water partition coefficient (Wildman–Crippen LogP) is -0.894. The fourth-order valence-corrected chi connectivity index (χ4v) is 1.12. The van der Waals surface area contributed by atoms with Gasteiger partial charge in [-0.3, -0.25) is 18.7 Å². The van der Waals surface area contributed by atoms with Crippen LogP contribution in [-0.2, 0) is 0 Å². The van der Waals surface area contributed by atoms with Crippen molar-refractivity contribution in [1.82, 2.24) is 18.9 Å². The van der Waals surface area contributed by atoms with E-state index in [2.05, 4.69) is 27.8 Å². The maximum atomic E-state index is 11.0. The summed E-state index contributed by atoms with van der Waals surface area (Å²) in [5.41, 5.74) is -0.610. The molecule has 0 atom stereocenters. The fraction of sp³-hybridized carbons (Fsp3) is 0. The minimum Gasteiger partial charge on any atom is -0.291 e. The minimum atomic E-state index is -0.566. The van der Waals surface area contributed by atoms with Gasteiger partial charge in [-0.15, -0.1) is 0 Å². The SMILES string of the molecule is O=c1[nH]c(=O)c2ncn(S)c2[nH]1. The van der Waals surface area contributed by atoms with Crippen molar-refractivity contribution in [3.05, 3.63) is 27.2 Å². The number of fused-ring (bicyclic) bond motifs is 1. The van der Waals surface area contributed by atoms with Gasteiger partial charge in [0.05, 0.1) is 0 Å². The van der Waals surface area contributed by atoms with Crippen LogP contribution < -0.4 is 11.2 Å². The van der Waals surface area contributed by atoms with E-state index in [-0.39, 0.29) is 5.52 Å². The van der Waals surface area contributed by atoms with Gasteiger partial charge in [0.2, 0.25) is 0 Å². The Morgan fingerprint density at radius 3 is 2.92 bits per heavy atom. The van der Waals surface area contributed by atoms with Crippen LogP contribution in [0.4, 0.5) is 0 Å². The molecule has 0 aromatic carbocycles. The van der Waals surface area contributed by atoms with Crippen molar-refractivity contribution in [3.63, 3.8) is 0 Å². The van der Waals surface area contributed by atoms with E-state index in [9.17, 15) is 9.59 Å². The van der Waals surface area contributed by atoms with Gasteiger partial charge in [0.1, 0.15) is 6.33 Å². The lowest BCUT2D eigenvalue weighted by Gasteiger charge is -1.89. The third-order valence-corrected chi connectivity index (χ3v) is 1.73. The van der Waals surface area contributed by atoms with Crippen LogP contribution in [0.15, 0.2) is 15.9 Å². The number of hydrogen-bond acceptors (Lipinski definition) is 4. The molecule has 2 heterocycles. The molecule has 0 radical (unpaired) electrons. The molecule has 6 nitrogen and oxygen atoms in total. The van der Waals surface area contributed by atoms with Crippen molar-refractivity contribution in [2.24, 2.45) is 0 Å². The summed E-state index contributed by atoms with van der Waals surface area (Å²) < 4.78 is 1.27. The Balaban J connectivity index is 3.13. The van der Waals surface area contributed by atoms with Crippen LogP contribution in [0.2, 0.25) is 0 Å². The number of aromatic amines is 2. The Hall–Kier alpha value is -1.50. The first-order chi connectivity index (χ1) is 5.68. The van der Waals surface area contributed by atoms with E-state index in [0.717, 1.165) is 0 Å². The smallest absolute Gasteiger partial charge is 0.291 e. The van der Waals surface area contributed by atoms with Gasteiger partial charge in [-0.25, -0.2) is 9.78 Å². The Kier molecular flexibility index (Phi) is 1.34. The van der Waals surface area contributed by atoms with Crippen LogP contribution in [0, 0.1) is 0 Å². The highest BCUT2D eigenvalue weighted by molar-refractivity contribution is 7.78. The van der Waals surface area contributed by atoms with Crippen molar-refractivity contribution in [2.45, 2.75) is 0 Å². The fourth-order valence-electron chi connectivity index (χ4n) is 0.924. The molecule has 0 aliphatic heterocycles. The number of thiol groups is 1. The molecule has 0 unspecified atom stereocenters. The van der Waals surface area contributed by atoms with Crippen LogP contribution >= 0.6 is 12.8 Å². The Morgan fingerprint density at radius 1 is 1.42 bits per heavy atom. The van der Waals surface area contributed by atoms with Crippen LogP contribution in [0.5, 0.6) is 0 Å². The van der Waals surface area contributed by atoms with Gasteiger partial charge >= 0.3 is 5.69 Å². The lowest BCUT2D eigenvalue weighted by molar-refractivity contribution is 1.06. The summed E-state index contributed by atoms with van der Waals surface area (Å²) in [4.78, 5) is 30.0. The molecule has 62 valence electrons. The summed E-state index contributed by atoms with van der Waals surface area (Å²) in [7, 11) is 0. The van der Waals surface area contributed by atoms with Crippen molar-refractivity contribution in [3.8, 4) is 0 Å². The molecule has 2 aromatic heterocycles. The van der Waals surface area contributed by atoms with E-state index >= 15 is 0 Å². The first-order valence-corrected chi connectivity index (χ1v) is 3.47. The second-order valence-electron chi connectivity index (χ2n) is 2.19. The Labute approximate surface area is 70.8 Å². The summed E-state index contributed by atoms with van der Waals surface area (Å²) in [6.45, 7) is 0. The summed E-state index contributed by atoms with van der Waals surface area (Å²) in [5, 5.41) is 0. The van der Waals surface area contributed by atoms with Crippen molar-refractivity contribution < 1.29 is 0 Å². The first-order valence-electron chi connectivity index (χ1n) is 3.07. The zero-order valence-corrected chi connectivity index (χ0v) is 6.63. The Morgan fingerprint density at radius 2 is 2.17 bits per heavy atom. The molecular weight excluding hydrogens is 180 g/mol. The third kappa shape index (κ3) is 0.866. The third-order valence-electron chi connectivity index (χ3n) is 1.42. The molecule has 0 aliphatic rings. The van der Waals surface area contributed by atoms with E-state index in [1.807, 2.05) is 0 Å². The molecule has 0 fully saturated rings. The van der Waals surface area contributed by atoms with Gasteiger partial charge in [0, 0.05) is 0 Å². The normalized spacial score (nSPS) is 10.8. The summed E-state index contributed by atoms with van der Waals surface area (Å²) in [6.07, 6.45) is 1.33. The predicted molar refractivity (Wildman–Crippen MR) is 45.4 cm³/mol. The van der Waals surface area contributed by atoms with Gasteiger partial charge < -0.3 is 0 Å². The van der Waals surface area contributed by atoms with E-state index < -0.39 is 11.2 Å². The highest BCUT2D eigenvalue weighted by atomic mass is 32.1. The number of imidazole rings is 1. The molecule has 0 spiro atoms. The van der Waals surface area contributed by atoms with Crippen LogP contribution in [0.1, 0.15) is 0 Å². The van der Waals surface area contributed by atoms with Crippen molar-refractivity contribution >= 4 is 24.0 Å². The second kappa shape index (κ2) is 2.24. The summed E-state index contributed by atoms with van der Waals surface area (Å²) in [5.74, 6) is 0. The van der Waals surface area contributed by atoms with Gasteiger partial charge in [-0.1, -0.05) is 12.8 Å². The largest absolute Gasteiger partial charge is 0.327 e. The second-order valence-corrected chi connectivity index (χ2v) is 2.63. The highest BCUT2D eigenvalue weighted by Gasteiger charge is 2.04. The van der Waals surface area contributed by atoms with Gasteiger partial charge in [0.15, 0.2) is 11.2 Å². The summed E-state index contributed by atoms with van der Waals surface area (Å²) >= 11 is 3.93. The van der Waals surface area contributed by atoms with E-state index in [1.54, 1.807) is 0 Å². The number of H-pyrrole nitrogens is 2. The molecule has 0 amide bonds. The monoisotopic (exact) mass is 184 g/mol. The molecule has 0 saturated heterocycles. The zero-order chi connectivity index (χ0) is 8.72. The standard InChI is InChI=1S/C5H4N4O2S/c10-4-2-3(7-5(11)8-4)9(12)1-6-2/h1,12H,(H2,7,8,10,11). The lowest BCUT2D eigenvalue weighted by atomic mass is 10.5. The van der Waals surface area contributed by atoms with Gasteiger partial charge in [0.25, 0.3) is 5.56 Å². The average molecular weight is 184 g/mol. The number of aromatic nitrogens is 4. The molecule has 2 aromatic rings. The van der Waals surface area contributed by atoms with Crippen LogP contribution in [-0.4, -0.2) is 18.9 Å². The number of nitrogens with one attached hydrogen (secondary N) is 2. The topological polar surface area (TPSA) is 83.5 Å². The molecule has 0 aliphatic carbocycles. The van der Waals surface area contributed by atoms with Crippen molar-refractivity contribution in [2.75, 3.05) is 0 Å². The Bertz CT molecular complexity index is 536. The van der Waals surface area contributed by atoms with E-state index in [4.69, 9.17) is 0 Å². The van der Waals surface area contributed by atoms with Crippen LogP contribution in [0.25, 0.3) is 11.2 Å². The number of nitrogens with zero attached hydrogens (tertiary/aromatic N) is 2. The highest BCUT2D eigenvalue weighted by Crippen LogP contribution is 2.02.